The highest BCUT2D eigenvalue weighted by atomic mass is 35.5. The summed E-state index contributed by atoms with van der Waals surface area (Å²) in [7, 11) is 0. The third-order valence-electron chi connectivity index (χ3n) is 2.30. The molecule has 0 aliphatic rings. The first-order chi connectivity index (χ1) is 9.13. The number of aromatic nitrogens is 2. The summed E-state index contributed by atoms with van der Waals surface area (Å²) >= 11 is 8.93. The van der Waals surface area contributed by atoms with E-state index in [1.54, 1.807) is 12.1 Å². The number of aryl methyl sites for hydroxylation is 1. The van der Waals surface area contributed by atoms with Gasteiger partial charge in [-0.15, -0.1) is 0 Å². The van der Waals surface area contributed by atoms with Crippen molar-refractivity contribution in [3.63, 3.8) is 0 Å². The van der Waals surface area contributed by atoms with Gasteiger partial charge >= 0.3 is 0 Å². The number of hydrogen-bond donors (Lipinski definition) is 2. The van der Waals surface area contributed by atoms with E-state index in [1.165, 1.54) is 23.3 Å². The van der Waals surface area contributed by atoms with E-state index in [2.05, 4.69) is 14.5 Å². The summed E-state index contributed by atoms with van der Waals surface area (Å²) in [4.78, 5) is 5.30. The van der Waals surface area contributed by atoms with Gasteiger partial charge in [-0.2, -0.15) is 4.37 Å². The van der Waals surface area contributed by atoms with Crippen LogP contribution < -0.4 is 5.73 Å². The summed E-state index contributed by atoms with van der Waals surface area (Å²) in [5, 5.41) is 12.0. The molecule has 0 aliphatic heterocycles. The molecule has 3 N–H and O–H groups in total. The predicted molar refractivity (Wildman–Crippen MR) is 77.4 cm³/mol. The van der Waals surface area contributed by atoms with Crippen molar-refractivity contribution in [2.45, 2.75) is 22.6 Å². The maximum Gasteiger partial charge on any atom is 0.174 e. The molecule has 2 rings (SSSR count). The molecule has 0 amide bonds. The molecule has 19 heavy (non-hydrogen) atoms. The molecular formula is C11H11ClN4OS2. The van der Waals surface area contributed by atoms with Crippen molar-refractivity contribution in [1.29, 1.82) is 0 Å². The molecule has 0 radical (unpaired) electrons. The van der Waals surface area contributed by atoms with E-state index in [1.807, 2.05) is 13.0 Å². The molecule has 100 valence electrons. The number of rotatable bonds is 4. The topological polar surface area (TPSA) is 84.4 Å². The van der Waals surface area contributed by atoms with Crippen LogP contribution in [0.2, 0.25) is 5.02 Å². The van der Waals surface area contributed by atoms with Crippen LogP contribution in [0.4, 0.5) is 0 Å². The number of nitrogens with zero attached hydrogens (tertiary/aromatic N) is 3. The van der Waals surface area contributed by atoms with Gasteiger partial charge in [0.1, 0.15) is 5.82 Å². The Morgan fingerprint density at radius 1 is 1.58 bits per heavy atom. The van der Waals surface area contributed by atoms with E-state index in [-0.39, 0.29) is 5.84 Å². The Kier molecular flexibility index (Phi) is 4.62. The lowest BCUT2D eigenvalue weighted by molar-refractivity contribution is 0.318. The van der Waals surface area contributed by atoms with Crippen LogP contribution in [0.25, 0.3) is 0 Å². The summed E-state index contributed by atoms with van der Waals surface area (Å²) in [6, 6.07) is 5.31. The van der Waals surface area contributed by atoms with Crippen molar-refractivity contribution in [3.05, 3.63) is 34.6 Å². The number of oxime groups is 1. The average molecular weight is 315 g/mol. The zero-order valence-electron chi connectivity index (χ0n) is 10.00. The molecule has 0 unspecified atom stereocenters. The Labute approximate surface area is 123 Å². The van der Waals surface area contributed by atoms with Crippen molar-refractivity contribution < 1.29 is 5.21 Å². The van der Waals surface area contributed by atoms with Crippen LogP contribution in [0.1, 0.15) is 18.3 Å². The van der Waals surface area contributed by atoms with Crippen LogP contribution in [0, 0.1) is 0 Å². The molecular weight excluding hydrogens is 304 g/mol. The maximum absolute atomic E-state index is 8.63. The third-order valence-corrected chi connectivity index (χ3v) is 4.39. The van der Waals surface area contributed by atoms with Gasteiger partial charge in [0.05, 0.1) is 5.02 Å². The van der Waals surface area contributed by atoms with Crippen molar-refractivity contribution in [2.24, 2.45) is 10.9 Å². The molecule has 5 nitrogen and oxygen atoms in total. The minimum atomic E-state index is -0.00858. The highest BCUT2D eigenvalue weighted by Gasteiger charge is 2.09. The SMILES string of the molecule is CCc1nsc(Sc2ccc(C(N)=NO)c(Cl)c2)n1. The lowest BCUT2D eigenvalue weighted by Crippen LogP contribution is -2.13. The molecule has 0 aliphatic carbocycles. The van der Waals surface area contributed by atoms with Crippen LogP contribution in [-0.4, -0.2) is 20.4 Å². The van der Waals surface area contributed by atoms with Gasteiger partial charge in [-0.25, -0.2) is 4.98 Å². The van der Waals surface area contributed by atoms with Crippen molar-refractivity contribution in [2.75, 3.05) is 0 Å². The van der Waals surface area contributed by atoms with Gasteiger partial charge in [0.15, 0.2) is 10.2 Å². The lowest BCUT2D eigenvalue weighted by atomic mass is 10.2. The van der Waals surface area contributed by atoms with Gasteiger partial charge in [0.2, 0.25) is 0 Å². The predicted octanol–water partition coefficient (Wildman–Crippen LogP) is 3.00. The Balaban J connectivity index is 2.20. The van der Waals surface area contributed by atoms with E-state index in [0.29, 0.717) is 10.6 Å². The average Bonchev–Trinajstić information content (AvgIpc) is 2.86. The minimum absolute atomic E-state index is 0.00858. The van der Waals surface area contributed by atoms with E-state index in [0.717, 1.165) is 21.5 Å². The van der Waals surface area contributed by atoms with Crippen LogP contribution in [-0.2, 0) is 6.42 Å². The fourth-order valence-electron chi connectivity index (χ4n) is 1.34. The smallest absolute Gasteiger partial charge is 0.174 e. The monoisotopic (exact) mass is 314 g/mol. The highest BCUT2D eigenvalue weighted by Crippen LogP contribution is 2.31. The molecule has 0 atom stereocenters. The number of benzene rings is 1. The van der Waals surface area contributed by atoms with Crippen molar-refractivity contribution in [3.8, 4) is 0 Å². The Bertz CT molecular complexity index is 614. The first kappa shape index (κ1) is 14.1. The van der Waals surface area contributed by atoms with Crippen LogP contribution >= 0.6 is 34.9 Å². The van der Waals surface area contributed by atoms with E-state index in [4.69, 9.17) is 22.5 Å². The Hall–Kier alpha value is -1.31. The van der Waals surface area contributed by atoms with E-state index < -0.39 is 0 Å². The summed E-state index contributed by atoms with van der Waals surface area (Å²) in [6.07, 6.45) is 0.820. The second-order valence-corrected chi connectivity index (χ2v) is 6.04. The van der Waals surface area contributed by atoms with Gasteiger partial charge in [-0.1, -0.05) is 35.4 Å². The molecule has 0 saturated carbocycles. The normalized spacial score (nSPS) is 11.8. The summed E-state index contributed by atoms with van der Waals surface area (Å²) < 4.78 is 5.08. The summed E-state index contributed by atoms with van der Waals surface area (Å²) in [6.45, 7) is 2.01. The molecule has 0 saturated heterocycles. The Morgan fingerprint density at radius 2 is 2.37 bits per heavy atom. The molecule has 1 aromatic heterocycles. The van der Waals surface area contributed by atoms with Crippen LogP contribution in [0.15, 0.2) is 32.6 Å². The van der Waals surface area contributed by atoms with Crippen molar-refractivity contribution >= 4 is 40.7 Å². The zero-order chi connectivity index (χ0) is 13.8. The summed E-state index contributed by atoms with van der Waals surface area (Å²) in [5.74, 6) is 0.831. The number of amidine groups is 1. The lowest BCUT2D eigenvalue weighted by Gasteiger charge is -2.04. The quantitative estimate of drug-likeness (QED) is 0.392. The fourth-order valence-corrected chi connectivity index (χ4v) is 3.40. The van der Waals surface area contributed by atoms with Gasteiger partial charge in [-0.3, -0.25) is 0 Å². The highest BCUT2D eigenvalue weighted by molar-refractivity contribution is 8.01. The molecule has 2 aromatic rings. The molecule has 8 heteroatoms. The molecule has 0 spiro atoms. The van der Waals surface area contributed by atoms with Crippen LogP contribution in [0.5, 0.6) is 0 Å². The van der Waals surface area contributed by atoms with E-state index >= 15 is 0 Å². The first-order valence-electron chi connectivity index (χ1n) is 5.42. The molecule has 1 heterocycles. The molecule has 0 bridgehead atoms. The molecule has 0 fully saturated rings. The zero-order valence-corrected chi connectivity index (χ0v) is 12.4. The molecule has 1 aromatic carbocycles. The minimum Gasteiger partial charge on any atom is -0.409 e. The standard InChI is InChI=1S/C11H11ClN4OS2/c1-2-9-14-11(19-16-9)18-6-3-4-7(8(12)5-6)10(13)15-17/h3-5,17H,2H2,1H3,(H2,13,15). The van der Waals surface area contributed by atoms with Crippen molar-refractivity contribution in [1.82, 2.24) is 9.36 Å². The van der Waals surface area contributed by atoms with Gasteiger partial charge in [0.25, 0.3) is 0 Å². The largest absolute Gasteiger partial charge is 0.409 e. The van der Waals surface area contributed by atoms with Gasteiger partial charge in [0, 0.05) is 16.9 Å². The van der Waals surface area contributed by atoms with Gasteiger partial charge in [-0.05, 0) is 29.7 Å². The number of nitrogens with two attached hydrogens (primary N) is 1. The second kappa shape index (κ2) is 6.23. The maximum atomic E-state index is 8.63. The number of halogens is 1. The summed E-state index contributed by atoms with van der Waals surface area (Å²) in [5.41, 5.74) is 6.01. The van der Waals surface area contributed by atoms with E-state index in [9.17, 15) is 0 Å². The van der Waals surface area contributed by atoms with Crippen LogP contribution in [0.3, 0.4) is 0 Å². The fraction of sp³-hybridized carbons (Fsp3) is 0.182. The third kappa shape index (κ3) is 3.37. The van der Waals surface area contributed by atoms with Gasteiger partial charge < -0.3 is 10.9 Å². The second-order valence-electron chi connectivity index (χ2n) is 3.56. The number of hydrogen-bond acceptors (Lipinski definition) is 6. The first-order valence-corrected chi connectivity index (χ1v) is 7.38. The Morgan fingerprint density at radius 3 is 2.95 bits per heavy atom.